The number of unbranched alkanes of at least 4 members (excludes halogenated alkanes) is 12. The standard InChI is InChI=1S/C30H59NO2/c1-3-5-7-14-21-29(22-15-8-6-4-2)23-20-28-33-30(32)24-16-12-10-9-11-13-17-25-31-26-18-19-27-31/h29H,3-28H2,1-2H3. The van der Waals surface area contributed by atoms with Crippen molar-refractivity contribution >= 4 is 5.97 Å². The number of carbonyl (C=O) groups excluding carboxylic acids is 1. The van der Waals surface area contributed by atoms with Gasteiger partial charge in [-0.1, -0.05) is 110 Å². The minimum Gasteiger partial charge on any atom is -0.466 e. The van der Waals surface area contributed by atoms with Crippen LogP contribution in [0.3, 0.4) is 0 Å². The Morgan fingerprint density at radius 1 is 0.667 bits per heavy atom. The summed E-state index contributed by atoms with van der Waals surface area (Å²) in [5.74, 6) is 0.871. The summed E-state index contributed by atoms with van der Waals surface area (Å²) in [6.45, 7) is 9.17. The second-order valence-corrected chi connectivity index (χ2v) is 10.7. The van der Waals surface area contributed by atoms with Crippen LogP contribution in [-0.4, -0.2) is 37.1 Å². The highest BCUT2D eigenvalue weighted by atomic mass is 16.5. The maximum absolute atomic E-state index is 12.0. The number of hydrogen-bond donors (Lipinski definition) is 0. The molecule has 0 spiro atoms. The summed E-state index contributed by atoms with van der Waals surface area (Å²) in [6, 6.07) is 0. The largest absolute Gasteiger partial charge is 0.466 e. The van der Waals surface area contributed by atoms with Crippen LogP contribution in [0.2, 0.25) is 0 Å². The van der Waals surface area contributed by atoms with Crippen LogP contribution in [0.1, 0.15) is 155 Å². The van der Waals surface area contributed by atoms with Crippen LogP contribution in [0.15, 0.2) is 0 Å². The summed E-state index contributed by atoms with van der Waals surface area (Å²) in [5, 5.41) is 0. The maximum atomic E-state index is 12.0. The lowest BCUT2D eigenvalue weighted by Gasteiger charge is -2.17. The molecular formula is C30H59NO2. The van der Waals surface area contributed by atoms with Crippen LogP contribution in [0.25, 0.3) is 0 Å². The van der Waals surface area contributed by atoms with E-state index < -0.39 is 0 Å². The topological polar surface area (TPSA) is 29.5 Å². The fraction of sp³-hybridized carbons (Fsp3) is 0.967. The molecule has 0 bridgehead atoms. The van der Waals surface area contributed by atoms with Crippen molar-refractivity contribution in [2.24, 2.45) is 5.92 Å². The van der Waals surface area contributed by atoms with Gasteiger partial charge in [-0.3, -0.25) is 4.79 Å². The summed E-state index contributed by atoms with van der Waals surface area (Å²) < 4.78 is 5.54. The molecule has 1 saturated heterocycles. The number of likely N-dealkylation sites (tertiary alicyclic amines) is 1. The zero-order chi connectivity index (χ0) is 23.8. The lowest BCUT2D eigenvalue weighted by molar-refractivity contribution is -0.144. The van der Waals surface area contributed by atoms with Gasteiger partial charge in [-0.15, -0.1) is 0 Å². The van der Waals surface area contributed by atoms with Crippen molar-refractivity contribution in [2.45, 2.75) is 155 Å². The van der Waals surface area contributed by atoms with Crippen LogP contribution in [0.4, 0.5) is 0 Å². The van der Waals surface area contributed by atoms with E-state index in [1.807, 2.05) is 0 Å². The molecule has 0 unspecified atom stereocenters. The molecule has 1 aliphatic rings. The molecule has 0 amide bonds. The number of ether oxygens (including phenoxy) is 1. The average molecular weight is 466 g/mol. The van der Waals surface area contributed by atoms with E-state index in [1.165, 1.54) is 142 Å². The Hall–Kier alpha value is -0.570. The Bertz CT molecular complexity index is 408. The van der Waals surface area contributed by atoms with Crippen LogP contribution in [-0.2, 0) is 9.53 Å². The van der Waals surface area contributed by atoms with Crippen LogP contribution < -0.4 is 0 Å². The normalized spacial score (nSPS) is 14.4. The molecule has 0 aromatic heterocycles. The van der Waals surface area contributed by atoms with Gasteiger partial charge in [-0.25, -0.2) is 0 Å². The molecule has 3 nitrogen and oxygen atoms in total. The van der Waals surface area contributed by atoms with Gasteiger partial charge < -0.3 is 9.64 Å². The first-order chi connectivity index (χ1) is 16.3. The van der Waals surface area contributed by atoms with Gasteiger partial charge in [0.25, 0.3) is 0 Å². The summed E-state index contributed by atoms with van der Waals surface area (Å²) >= 11 is 0. The molecule has 196 valence electrons. The molecule has 0 aromatic rings. The first-order valence-corrected chi connectivity index (χ1v) is 15.1. The number of esters is 1. The Morgan fingerprint density at radius 3 is 1.79 bits per heavy atom. The van der Waals surface area contributed by atoms with Gasteiger partial charge in [0, 0.05) is 6.42 Å². The first kappa shape index (κ1) is 30.5. The fourth-order valence-corrected chi connectivity index (χ4v) is 5.28. The Balaban J connectivity index is 1.94. The third-order valence-electron chi connectivity index (χ3n) is 7.51. The Labute approximate surface area is 207 Å². The van der Waals surface area contributed by atoms with Crippen molar-refractivity contribution < 1.29 is 9.53 Å². The summed E-state index contributed by atoms with van der Waals surface area (Å²) in [4.78, 5) is 14.7. The van der Waals surface area contributed by atoms with Gasteiger partial charge >= 0.3 is 5.97 Å². The molecule has 0 radical (unpaired) electrons. The van der Waals surface area contributed by atoms with Gasteiger partial charge in [0.1, 0.15) is 0 Å². The van der Waals surface area contributed by atoms with Crippen molar-refractivity contribution in [3.05, 3.63) is 0 Å². The lowest BCUT2D eigenvalue weighted by Crippen LogP contribution is -2.20. The summed E-state index contributed by atoms with van der Waals surface area (Å²) in [5.41, 5.74) is 0. The van der Waals surface area contributed by atoms with E-state index in [-0.39, 0.29) is 5.97 Å². The van der Waals surface area contributed by atoms with Crippen LogP contribution in [0.5, 0.6) is 0 Å². The number of carbonyl (C=O) groups is 1. The smallest absolute Gasteiger partial charge is 0.305 e. The average Bonchev–Trinajstić information content (AvgIpc) is 3.34. The second kappa shape index (κ2) is 23.2. The third kappa shape index (κ3) is 19.4. The molecule has 0 aliphatic carbocycles. The molecule has 0 N–H and O–H groups in total. The van der Waals surface area contributed by atoms with Gasteiger partial charge in [0.2, 0.25) is 0 Å². The molecular weight excluding hydrogens is 406 g/mol. The fourth-order valence-electron chi connectivity index (χ4n) is 5.28. The van der Waals surface area contributed by atoms with Crippen LogP contribution >= 0.6 is 0 Å². The zero-order valence-corrected chi connectivity index (χ0v) is 22.7. The molecule has 0 saturated carbocycles. The minimum absolute atomic E-state index is 0.0306. The number of nitrogens with zero attached hydrogens (tertiary/aromatic N) is 1. The molecule has 1 fully saturated rings. The molecule has 1 aliphatic heterocycles. The van der Waals surface area contributed by atoms with Crippen molar-refractivity contribution in [2.75, 3.05) is 26.2 Å². The van der Waals surface area contributed by atoms with Crippen molar-refractivity contribution in [3.63, 3.8) is 0 Å². The van der Waals surface area contributed by atoms with E-state index in [0.29, 0.717) is 13.0 Å². The number of hydrogen-bond acceptors (Lipinski definition) is 3. The quantitative estimate of drug-likeness (QED) is 0.105. The number of rotatable bonds is 24. The van der Waals surface area contributed by atoms with Gasteiger partial charge in [-0.2, -0.15) is 0 Å². The van der Waals surface area contributed by atoms with Crippen molar-refractivity contribution in [1.29, 1.82) is 0 Å². The summed E-state index contributed by atoms with van der Waals surface area (Å²) in [6.07, 6.45) is 28.2. The maximum Gasteiger partial charge on any atom is 0.305 e. The first-order valence-electron chi connectivity index (χ1n) is 15.1. The van der Waals surface area contributed by atoms with Gasteiger partial charge in [0.05, 0.1) is 6.61 Å². The SMILES string of the molecule is CCCCCCC(CCCCCC)CCCOC(=O)CCCCCCCCCN1CCCC1. The Kier molecular flexibility index (Phi) is 21.4. The zero-order valence-electron chi connectivity index (χ0n) is 22.7. The van der Waals surface area contributed by atoms with Crippen molar-refractivity contribution in [3.8, 4) is 0 Å². The lowest BCUT2D eigenvalue weighted by atomic mass is 9.91. The highest BCUT2D eigenvalue weighted by Gasteiger charge is 2.11. The minimum atomic E-state index is 0.0306. The molecule has 1 rings (SSSR count). The van der Waals surface area contributed by atoms with Gasteiger partial charge in [-0.05, 0) is 64.1 Å². The van der Waals surface area contributed by atoms with E-state index in [1.54, 1.807) is 0 Å². The second-order valence-electron chi connectivity index (χ2n) is 10.7. The predicted octanol–water partition coefficient (Wildman–Crippen LogP) is 9.08. The highest BCUT2D eigenvalue weighted by Crippen LogP contribution is 2.23. The highest BCUT2D eigenvalue weighted by molar-refractivity contribution is 5.69. The van der Waals surface area contributed by atoms with Gasteiger partial charge in [0.15, 0.2) is 0 Å². The van der Waals surface area contributed by atoms with E-state index in [4.69, 9.17) is 4.74 Å². The Morgan fingerprint density at radius 2 is 1.18 bits per heavy atom. The molecule has 1 heterocycles. The monoisotopic (exact) mass is 465 g/mol. The van der Waals surface area contributed by atoms with Crippen molar-refractivity contribution in [1.82, 2.24) is 4.90 Å². The summed E-state index contributed by atoms with van der Waals surface area (Å²) in [7, 11) is 0. The van der Waals surface area contributed by atoms with Crippen LogP contribution in [0, 0.1) is 5.92 Å². The van der Waals surface area contributed by atoms with E-state index in [0.717, 1.165) is 18.8 Å². The molecule has 0 aromatic carbocycles. The molecule has 3 heteroatoms. The van der Waals surface area contributed by atoms with E-state index >= 15 is 0 Å². The van der Waals surface area contributed by atoms with E-state index in [2.05, 4.69) is 18.7 Å². The van der Waals surface area contributed by atoms with E-state index in [9.17, 15) is 4.79 Å². The molecule has 0 atom stereocenters. The molecule has 33 heavy (non-hydrogen) atoms. The predicted molar refractivity (Wildman–Crippen MR) is 144 cm³/mol. The third-order valence-corrected chi connectivity index (χ3v) is 7.51.